The van der Waals surface area contributed by atoms with E-state index in [-0.39, 0.29) is 11.2 Å². The summed E-state index contributed by atoms with van der Waals surface area (Å²) < 4.78 is 7.51. The third-order valence-electron chi connectivity index (χ3n) is 3.37. The van der Waals surface area contributed by atoms with E-state index in [0.29, 0.717) is 11.4 Å². The highest BCUT2D eigenvalue weighted by molar-refractivity contribution is 6.02. The minimum Gasteiger partial charge on any atom is -0.466 e. The summed E-state index contributed by atoms with van der Waals surface area (Å²) in [5.41, 5.74) is 1.10. The molecule has 0 aliphatic carbocycles. The number of carbonyl (C=O) groups excluding carboxylic acids is 2. The lowest BCUT2D eigenvalue weighted by atomic mass is 10.3. The third-order valence-corrected chi connectivity index (χ3v) is 3.37. The van der Waals surface area contributed by atoms with Gasteiger partial charge in [0.25, 0.3) is 5.56 Å². The van der Waals surface area contributed by atoms with Crippen LogP contribution in [0.25, 0.3) is 5.69 Å². The Morgan fingerprint density at radius 1 is 1.17 bits per heavy atom. The molecule has 0 fully saturated rings. The van der Waals surface area contributed by atoms with E-state index in [2.05, 4.69) is 10.1 Å². The highest BCUT2D eigenvalue weighted by Gasteiger charge is 2.17. The highest BCUT2D eigenvalue weighted by Crippen LogP contribution is 2.13. The molecule has 0 unspecified atom stereocenters. The quantitative estimate of drug-likeness (QED) is 0.678. The van der Waals surface area contributed by atoms with E-state index in [1.807, 2.05) is 18.2 Å². The zero-order chi connectivity index (χ0) is 17.0. The Morgan fingerprint density at radius 3 is 2.43 bits per heavy atom. The van der Waals surface area contributed by atoms with Crippen LogP contribution in [0, 0.1) is 6.92 Å². The van der Waals surface area contributed by atoms with Crippen molar-refractivity contribution in [1.29, 1.82) is 0 Å². The Balaban J connectivity index is 2.35. The second-order valence-electron chi connectivity index (χ2n) is 4.78. The number of amides is 1. The molecule has 0 aliphatic rings. The number of rotatable bonds is 4. The Kier molecular flexibility index (Phi) is 4.80. The van der Waals surface area contributed by atoms with E-state index in [4.69, 9.17) is 0 Å². The topological polar surface area (TPSA) is 82.3 Å². The number of para-hydroxylation sites is 1. The number of aromatic nitrogens is 2. The smallest absolute Gasteiger partial charge is 0.330 e. The molecule has 1 amide bonds. The second-order valence-corrected chi connectivity index (χ2v) is 4.78. The van der Waals surface area contributed by atoms with E-state index in [1.165, 1.54) is 11.8 Å². The standard InChI is InChI=1S/C16H17N3O4/c1-11-15(17-13(20)9-10-14(21)23-3)16(22)19(18(11)2)12-7-5-4-6-8-12/h4-10H,1-3H3,(H,17,20)/b10-9+. The van der Waals surface area contributed by atoms with Gasteiger partial charge in [-0.15, -0.1) is 0 Å². The normalized spacial score (nSPS) is 10.7. The van der Waals surface area contributed by atoms with Gasteiger partial charge in [-0.3, -0.25) is 14.3 Å². The molecule has 2 aromatic rings. The minimum atomic E-state index is -0.647. The van der Waals surface area contributed by atoms with Crippen molar-refractivity contribution < 1.29 is 14.3 Å². The van der Waals surface area contributed by atoms with Crippen molar-refractivity contribution in [3.63, 3.8) is 0 Å². The van der Waals surface area contributed by atoms with Gasteiger partial charge in [0.05, 0.1) is 18.5 Å². The predicted molar refractivity (Wildman–Crippen MR) is 85.5 cm³/mol. The summed E-state index contributed by atoms with van der Waals surface area (Å²) in [5, 5.41) is 2.50. The van der Waals surface area contributed by atoms with Crippen LogP contribution in [0.15, 0.2) is 47.3 Å². The average Bonchev–Trinajstić information content (AvgIpc) is 2.77. The minimum absolute atomic E-state index is 0.163. The van der Waals surface area contributed by atoms with Crippen molar-refractivity contribution in [2.24, 2.45) is 7.05 Å². The van der Waals surface area contributed by atoms with Gasteiger partial charge in [-0.2, -0.15) is 0 Å². The first-order valence-corrected chi connectivity index (χ1v) is 6.86. The van der Waals surface area contributed by atoms with Gasteiger partial charge >= 0.3 is 5.97 Å². The summed E-state index contributed by atoms with van der Waals surface area (Å²) in [6.45, 7) is 1.72. The molecule has 0 atom stereocenters. The lowest BCUT2D eigenvalue weighted by Gasteiger charge is -2.07. The third kappa shape index (κ3) is 3.39. The van der Waals surface area contributed by atoms with Crippen LogP contribution in [-0.4, -0.2) is 28.3 Å². The summed E-state index contributed by atoms with van der Waals surface area (Å²) in [6, 6.07) is 9.08. The number of ether oxygens (including phenoxy) is 1. The Hall–Kier alpha value is -3.09. The Labute approximate surface area is 132 Å². The van der Waals surface area contributed by atoms with E-state index in [1.54, 1.807) is 30.8 Å². The maximum Gasteiger partial charge on any atom is 0.330 e. The maximum atomic E-state index is 12.6. The average molecular weight is 315 g/mol. The first-order valence-electron chi connectivity index (χ1n) is 6.86. The molecule has 23 heavy (non-hydrogen) atoms. The maximum absolute atomic E-state index is 12.6. The highest BCUT2D eigenvalue weighted by atomic mass is 16.5. The second kappa shape index (κ2) is 6.78. The van der Waals surface area contributed by atoms with Crippen LogP contribution < -0.4 is 10.9 Å². The van der Waals surface area contributed by atoms with Gasteiger partial charge in [-0.1, -0.05) is 18.2 Å². The number of hydrogen-bond acceptors (Lipinski definition) is 4. The van der Waals surface area contributed by atoms with Crippen LogP contribution in [0.2, 0.25) is 0 Å². The van der Waals surface area contributed by atoms with Crippen molar-refractivity contribution in [2.45, 2.75) is 6.92 Å². The predicted octanol–water partition coefficient (Wildman–Crippen LogP) is 1.15. The first kappa shape index (κ1) is 16.3. The van der Waals surface area contributed by atoms with Crippen LogP contribution in [0.3, 0.4) is 0 Å². The van der Waals surface area contributed by atoms with Gasteiger partial charge in [0.1, 0.15) is 5.69 Å². The number of hydrogen-bond donors (Lipinski definition) is 1. The number of carbonyl (C=O) groups is 2. The fourth-order valence-corrected chi connectivity index (χ4v) is 2.09. The number of nitrogens with one attached hydrogen (secondary N) is 1. The van der Waals surface area contributed by atoms with Crippen LogP contribution in [0.1, 0.15) is 5.69 Å². The number of nitrogens with zero attached hydrogens (tertiary/aromatic N) is 2. The molecule has 1 aromatic carbocycles. The van der Waals surface area contributed by atoms with Crippen molar-refractivity contribution in [1.82, 2.24) is 9.36 Å². The van der Waals surface area contributed by atoms with Gasteiger partial charge < -0.3 is 10.1 Å². The van der Waals surface area contributed by atoms with Crippen molar-refractivity contribution >= 4 is 17.6 Å². The van der Waals surface area contributed by atoms with Crippen LogP contribution in [-0.2, 0) is 21.4 Å². The molecule has 7 nitrogen and oxygen atoms in total. The van der Waals surface area contributed by atoms with Crippen LogP contribution >= 0.6 is 0 Å². The van der Waals surface area contributed by atoms with Crippen LogP contribution in [0.4, 0.5) is 5.69 Å². The molecule has 1 aromatic heterocycles. The van der Waals surface area contributed by atoms with E-state index < -0.39 is 11.9 Å². The molecule has 1 heterocycles. The van der Waals surface area contributed by atoms with Crippen LogP contribution in [0.5, 0.6) is 0 Å². The monoisotopic (exact) mass is 315 g/mol. The van der Waals surface area contributed by atoms with Gasteiger partial charge in [0.2, 0.25) is 5.91 Å². The zero-order valence-electron chi connectivity index (χ0n) is 13.1. The molecule has 7 heteroatoms. The van der Waals surface area contributed by atoms with Crippen molar-refractivity contribution in [2.75, 3.05) is 12.4 Å². The SMILES string of the molecule is COC(=O)/C=C/C(=O)Nc1c(C)n(C)n(-c2ccccc2)c1=O. The van der Waals surface area contributed by atoms with Gasteiger partial charge in [-0.25, -0.2) is 9.48 Å². The number of benzene rings is 1. The number of anilines is 1. The molecular formula is C16H17N3O4. The number of methoxy groups -OCH3 is 1. The zero-order valence-corrected chi connectivity index (χ0v) is 13.1. The van der Waals surface area contributed by atoms with Gasteiger partial charge in [0, 0.05) is 19.2 Å². The summed E-state index contributed by atoms with van der Waals surface area (Å²) in [7, 11) is 2.94. The number of esters is 1. The van der Waals surface area contributed by atoms with E-state index in [9.17, 15) is 14.4 Å². The lowest BCUT2D eigenvalue weighted by molar-refractivity contribution is -0.135. The fraction of sp³-hybridized carbons (Fsp3) is 0.188. The molecule has 120 valence electrons. The molecule has 0 spiro atoms. The molecule has 0 aliphatic heterocycles. The van der Waals surface area contributed by atoms with E-state index in [0.717, 1.165) is 12.2 Å². The van der Waals surface area contributed by atoms with Crippen molar-refractivity contribution in [3.05, 3.63) is 58.5 Å². The molecule has 0 saturated carbocycles. The van der Waals surface area contributed by atoms with Gasteiger partial charge in [0.15, 0.2) is 0 Å². The van der Waals surface area contributed by atoms with Gasteiger partial charge in [-0.05, 0) is 19.1 Å². The lowest BCUT2D eigenvalue weighted by Crippen LogP contribution is -2.22. The Morgan fingerprint density at radius 2 is 1.83 bits per heavy atom. The largest absolute Gasteiger partial charge is 0.466 e. The van der Waals surface area contributed by atoms with E-state index >= 15 is 0 Å². The molecule has 2 rings (SSSR count). The molecule has 1 N–H and O–H groups in total. The summed E-state index contributed by atoms with van der Waals surface area (Å²) in [5.74, 6) is -1.23. The molecule has 0 bridgehead atoms. The fourth-order valence-electron chi connectivity index (χ4n) is 2.09. The summed E-state index contributed by atoms with van der Waals surface area (Å²) in [4.78, 5) is 35.4. The molecule has 0 saturated heterocycles. The Bertz CT molecular complexity index is 816. The summed E-state index contributed by atoms with van der Waals surface area (Å²) in [6.07, 6.45) is 2.01. The molecule has 0 radical (unpaired) electrons. The summed E-state index contributed by atoms with van der Waals surface area (Å²) >= 11 is 0. The van der Waals surface area contributed by atoms with Crippen molar-refractivity contribution in [3.8, 4) is 5.69 Å². The molecular weight excluding hydrogens is 298 g/mol. The first-order chi connectivity index (χ1) is 11.0.